The monoisotopic (exact) mass is 200 g/mol. The highest BCUT2D eigenvalue weighted by atomic mass is 14.2. The van der Waals surface area contributed by atoms with Gasteiger partial charge in [-0.3, -0.25) is 0 Å². The molecule has 2 bridgehead atoms. The molecule has 0 radical (unpaired) electrons. The van der Waals surface area contributed by atoms with Crippen LogP contribution < -0.4 is 0 Å². The van der Waals surface area contributed by atoms with Gasteiger partial charge >= 0.3 is 0 Å². The highest BCUT2D eigenvalue weighted by molar-refractivity contribution is 5.31. The molecule has 0 amide bonds. The summed E-state index contributed by atoms with van der Waals surface area (Å²) in [5, 5.41) is 0. The molecule has 0 spiro atoms. The predicted octanol–water partition coefficient (Wildman–Crippen LogP) is 4.42. The molecule has 0 saturated heterocycles. The van der Waals surface area contributed by atoms with E-state index in [1.54, 1.807) is 5.57 Å². The molecule has 0 aromatic heterocycles. The Labute approximate surface area is 93.1 Å². The molecule has 0 heteroatoms. The maximum absolute atomic E-state index is 2.47. The molecular formula is C15H20. The molecule has 0 aliphatic heterocycles. The van der Waals surface area contributed by atoms with Gasteiger partial charge in [-0.15, -0.1) is 0 Å². The Morgan fingerprint density at radius 3 is 2.93 bits per heavy atom. The SMILES string of the molecule is CCCC/C=C1\CC2C=CC1/C=C\C=C/2. The van der Waals surface area contributed by atoms with E-state index in [1.165, 1.54) is 25.7 Å². The third-order valence-electron chi connectivity index (χ3n) is 3.22. The zero-order valence-corrected chi connectivity index (χ0v) is 9.52. The average Bonchev–Trinajstić information content (AvgIpc) is 2.20. The van der Waals surface area contributed by atoms with Crippen molar-refractivity contribution in [3.05, 3.63) is 48.1 Å². The third-order valence-corrected chi connectivity index (χ3v) is 3.22. The van der Waals surface area contributed by atoms with Crippen LogP contribution in [0.5, 0.6) is 0 Å². The molecule has 0 saturated carbocycles. The summed E-state index contributed by atoms with van der Waals surface area (Å²) < 4.78 is 0. The topological polar surface area (TPSA) is 0 Å². The Bertz CT molecular complexity index is 315. The van der Waals surface area contributed by atoms with E-state index in [-0.39, 0.29) is 0 Å². The maximum Gasteiger partial charge on any atom is 0.0161 e. The number of hydrogen-bond acceptors (Lipinski definition) is 0. The molecule has 0 fully saturated rings. The fourth-order valence-electron chi connectivity index (χ4n) is 2.28. The molecule has 15 heavy (non-hydrogen) atoms. The quantitative estimate of drug-likeness (QED) is 0.467. The standard InChI is InChI=1S/C15H20/c1-2-3-4-9-15-12-13-7-5-6-8-14(15)11-10-13/h5-11,13-14H,2-4,12H2,1H3/b7-5-,8-6-,15-9+. The summed E-state index contributed by atoms with van der Waals surface area (Å²) in [6, 6.07) is 0. The molecule has 2 atom stereocenters. The lowest BCUT2D eigenvalue weighted by atomic mass is 9.81. The first-order valence-electron chi connectivity index (χ1n) is 6.12. The van der Waals surface area contributed by atoms with Crippen LogP contribution in [0, 0.1) is 11.8 Å². The summed E-state index contributed by atoms with van der Waals surface area (Å²) in [5.41, 5.74) is 1.62. The highest BCUT2D eigenvalue weighted by Gasteiger charge is 2.17. The van der Waals surface area contributed by atoms with Crippen LogP contribution in [-0.2, 0) is 0 Å². The minimum atomic E-state index is 0.572. The normalized spacial score (nSPS) is 35.1. The Hall–Kier alpha value is -1.04. The molecule has 3 aliphatic rings. The Balaban J connectivity index is 2.09. The zero-order valence-electron chi connectivity index (χ0n) is 9.52. The lowest BCUT2D eigenvalue weighted by Gasteiger charge is -2.24. The van der Waals surface area contributed by atoms with Crippen LogP contribution in [0.3, 0.4) is 0 Å². The fraction of sp³-hybridized carbons (Fsp3) is 0.467. The van der Waals surface area contributed by atoms with Gasteiger partial charge in [0.25, 0.3) is 0 Å². The molecule has 0 aromatic carbocycles. The molecular weight excluding hydrogens is 180 g/mol. The summed E-state index contributed by atoms with van der Waals surface area (Å²) >= 11 is 0. The molecule has 2 unspecified atom stereocenters. The van der Waals surface area contributed by atoms with Crippen molar-refractivity contribution in [2.24, 2.45) is 11.8 Å². The van der Waals surface area contributed by atoms with E-state index in [9.17, 15) is 0 Å². The van der Waals surface area contributed by atoms with E-state index in [0.29, 0.717) is 11.8 Å². The molecule has 0 N–H and O–H groups in total. The van der Waals surface area contributed by atoms with Gasteiger partial charge in [-0.2, -0.15) is 0 Å². The largest absolute Gasteiger partial charge is 0.0844 e. The van der Waals surface area contributed by atoms with Gasteiger partial charge in [-0.25, -0.2) is 0 Å². The van der Waals surface area contributed by atoms with Gasteiger partial charge < -0.3 is 0 Å². The van der Waals surface area contributed by atoms with Crippen molar-refractivity contribution in [2.75, 3.05) is 0 Å². The van der Waals surface area contributed by atoms with Gasteiger partial charge in [0.1, 0.15) is 0 Å². The smallest absolute Gasteiger partial charge is 0.0161 e. The second kappa shape index (κ2) is 5.16. The van der Waals surface area contributed by atoms with Gasteiger partial charge in [0.15, 0.2) is 0 Å². The van der Waals surface area contributed by atoms with E-state index >= 15 is 0 Å². The first-order chi connectivity index (χ1) is 7.40. The first kappa shape index (κ1) is 10.5. The van der Waals surface area contributed by atoms with Gasteiger partial charge in [0.2, 0.25) is 0 Å². The summed E-state index contributed by atoms with van der Waals surface area (Å²) in [4.78, 5) is 0. The van der Waals surface area contributed by atoms with E-state index in [1.807, 2.05) is 0 Å². The Kier molecular flexibility index (Phi) is 3.60. The Morgan fingerprint density at radius 2 is 2.07 bits per heavy atom. The minimum absolute atomic E-state index is 0.572. The van der Waals surface area contributed by atoms with Crippen LogP contribution in [0.4, 0.5) is 0 Å². The summed E-state index contributed by atoms with van der Waals surface area (Å²) in [6.07, 6.45) is 21.2. The molecule has 3 rings (SSSR count). The van der Waals surface area contributed by atoms with Gasteiger partial charge in [0, 0.05) is 5.92 Å². The van der Waals surface area contributed by atoms with E-state index in [0.717, 1.165) is 0 Å². The zero-order chi connectivity index (χ0) is 10.5. The third kappa shape index (κ3) is 2.71. The van der Waals surface area contributed by atoms with Crippen molar-refractivity contribution in [3.63, 3.8) is 0 Å². The lowest BCUT2D eigenvalue weighted by Crippen LogP contribution is -2.10. The van der Waals surface area contributed by atoms with Crippen LogP contribution in [-0.4, -0.2) is 0 Å². The average molecular weight is 200 g/mol. The van der Waals surface area contributed by atoms with Gasteiger partial charge in [0.05, 0.1) is 0 Å². The van der Waals surface area contributed by atoms with E-state index in [2.05, 4.69) is 49.5 Å². The fourth-order valence-corrected chi connectivity index (χ4v) is 2.28. The van der Waals surface area contributed by atoms with Crippen LogP contribution in [0.1, 0.15) is 32.6 Å². The lowest BCUT2D eigenvalue weighted by molar-refractivity contribution is 0.682. The number of rotatable bonds is 3. The first-order valence-corrected chi connectivity index (χ1v) is 6.12. The van der Waals surface area contributed by atoms with Crippen molar-refractivity contribution >= 4 is 0 Å². The number of unbranched alkanes of at least 4 members (excludes halogenated alkanes) is 2. The minimum Gasteiger partial charge on any atom is -0.0844 e. The number of fused-ring (bicyclic) bond motifs is 2. The maximum atomic E-state index is 2.47. The second-order valence-electron chi connectivity index (χ2n) is 4.47. The molecule has 0 heterocycles. The van der Waals surface area contributed by atoms with Crippen molar-refractivity contribution in [1.82, 2.24) is 0 Å². The Morgan fingerprint density at radius 1 is 1.20 bits per heavy atom. The predicted molar refractivity (Wildman–Crippen MR) is 66.6 cm³/mol. The van der Waals surface area contributed by atoms with E-state index in [4.69, 9.17) is 0 Å². The highest BCUT2D eigenvalue weighted by Crippen LogP contribution is 2.31. The molecule has 3 aliphatic carbocycles. The number of hydrogen-bond donors (Lipinski definition) is 0. The van der Waals surface area contributed by atoms with E-state index < -0.39 is 0 Å². The molecule has 0 nitrogen and oxygen atoms in total. The van der Waals surface area contributed by atoms with Crippen LogP contribution >= 0.6 is 0 Å². The van der Waals surface area contributed by atoms with Crippen molar-refractivity contribution < 1.29 is 0 Å². The summed E-state index contributed by atoms with van der Waals surface area (Å²) in [5.74, 6) is 1.21. The van der Waals surface area contributed by atoms with Gasteiger partial charge in [-0.05, 0) is 18.8 Å². The second-order valence-corrected chi connectivity index (χ2v) is 4.47. The van der Waals surface area contributed by atoms with Gasteiger partial charge in [-0.1, -0.05) is 67.9 Å². The summed E-state index contributed by atoms with van der Waals surface area (Å²) in [6.45, 7) is 2.26. The van der Waals surface area contributed by atoms with Crippen molar-refractivity contribution in [2.45, 2.75) is 32.6 Å². The van der Waals surface area contributed by atoms with Crippen molar-refractivity contribution in [3.8, 4) is 0 Å². The number of allylic oxidation sites excluding steroid dienone is 8. The summed E-state index contributed by atoms with van der Waals surface area (Å²) in [7, 11) is 0. The van der Waals surface area contributed by atoms with Crippen LogP contribution in [0.25, 0.3) is 0 Å². The molecule has 80 valence electrons. The van der Waals surface area contributed by atoms with Crippen LogP contribution in [0.2, 0.25) is 0 Å². The molecule has 0 aromatic rings. The van der Waals surface area contributed by atoms with Crippen LogP contribution in [0.15, 0.2) is 48.1 Å². The van der Waals surface area contributed by atoms with Crippen molar-refractivity contribution in [1.29, 1.82) is 0 Å².